The second kappa shape index (κ2) is 5.26. The number of aromatic nitrogens is 1. The van der Waals surface area contributed by atoms with E-state index in [1.165, 1.54) is 0 Å². The van der Waals surface area contributed by atoms with Crippen molar-refractivity contribution in [3.63, 3.8) is 0 Å². The zero-order chi connectivity index (χ0) is 13.1. The molecule has 18 heavy (non-hydrogen) atoms. The number of hydrogen-bond acceptors (Lipinski definition) is 3. The van der Waals surface area contributed by atoms with Crippen LogP contribution in [0.3, 0.4) is 0 Å². The van der Waals surface area contributed by atoms with Gasteiger partial charge >= 0.3 is 0 Å². The first-order valence-electron chi connectivity index (χ1n) is 5.20. The Balaban J connectivity index is 2.43. The van der Waals surface area contributed by atoms with Crippen molar-refractivity contribution >= 4 is 34.7 Å². The Morgan fingerprint density at radius 2 is 2.00 bits per heavy atom. The fourth-order valence-corrected chi connectivity index (χ4v) is 1.80. The molecule has 5 heteroatoms. The topological polar surface area (TPSA) is 48.7 Å². The van der Waals surface area contributed by atoms with Gasteiger partial charge < -0.3 is 5.32 Å². The summed E-state index contributed by atoms with van der Waals surface area (Å²) in [5.41, 5.74) is 1.89. The van der Waals surface area contributed by atoms with Crippen molar-refractivity contribution in [3.8, 4) is 6.07 Å². The van der Waals surface area contributed by atoms with Crippen LogP contribution in [-0.4, -0.2) is 4.98 Å². The third-order valence-electron chi connectivity index (χ3n) is 2.34. The number of pyridine rings is 1. The largest absolute Gasteiger partial charge is 0.338 e. The van der Waals surface area contributed by atoms with E-state index in [-0.39, 0.29) is 0 Å². The molecule has 0 unspecified atom stereocenters. The Morgan fingerprint density at radius 3 is 2.72 bits per heavy atom. The molecule has 1 aromatic carbocycles. The first kappa shape index (κ1) is 12.7. The molecule has 0 spiro atoms. The fraction of sp³-hybridized carbons (Fsp3) is 0.0769. The quantitative estimate of drug-likeness (QED) is 0.890. The minimum Gasteiger partial charge on any atom is -0.338 e. The van der Waals surface area contributed by atoms with Gasteiger partial charge in [0.2, 0.25) is 0 Å². The molecule has 0 saturated carbocycles. The van der Waals surface area contributed by atoms with Crippen LogP contribution in [0.25, 0.3) is 0 Å². The summed E-state index contributed by atoms with van der Waals surface area (Å²) in [5, 5.41) is 13.1. The maximum absolute atomic E-state index is 9.02. The molecule has 0 radical (unpaired) electrons. The average Bonchev–Trinajstić information content (AvgIpc) is 2.34. The van der Waals surface area contributed by atoms with Crippen molar-refractivity contribution in [1.82, 2.24) is 4.98 Å². The van der Waals surface area contributed by atoms with E-state index in [2.05, 4.69) is 16.4 Å². The number of rotatable bonds is 2. The lowest BCUT2D eigenvalue weighted by molar-refractivity contribution is 1.19. The summed E-state index contributed by atoms with van der Waals surface area (Å²) in [5.74, 6) is 0.474. The van der Waals surface area contributed by atoms with Crippen molar-refractivity contribution in [2.75, 3.05) is 5.32 Å². The molecule has 0 aliphatic heterocycles. The fourth-order valence-electron chi connectivity index (χ4n) is 1.46. The highest BCUT2D eigenvalue weighted by Crippen LogP contribution is 2.28. The normalized spacial score (nSPS) is 9.89. The summed E-state index contributed by atoms with van der Waals surface area (Å²) >= 11 is 12.0. The molecule has 0 atom stereocenters. The molecular weight excluding hydrogens is 269 g/mol. The highest BCUT2D eigenvalue weighted by atomic mass is 35.5. The standard InChI is InChI=1S/C13H9Cl2N3/c1-8-2-3-9(7-16)13(17-8)18-12-6-10(14)4-5-11(12)15/h2-6H,1H3,(H,17,18). The van der Waals surface area contributed by atoms with Gasteiger partial charge in [0, 0.05) is 10.7 Å². The molecule has 0 fully saturated rings. The van der Waals surface area contributed by atoms with E-state index in [1.54, 1.807) is 30.3 Å². The summed E-state index contributed by atoms with van der Waals surface area (Å²) in [7, 11) is 0. The van der Waals surface area contributed by atoms with E-state index in [0.717, 1.165) is 5.69 Å². The van der Waals surface area contributed by atoms with Crippen LogP contribution < -0.4 is 5.32 Å². The van der Waals surface area contributed by atoms with E-state index in [0.29, 0.717) is 27.1 Å². The molecule has 0 saturated heterocycles. The molecule has 90 valence electrons. The van der Waals surface area contributed by atoms with Gasteiger partial charge in [-0.15, -0.1) is 0 Å². The Kier molecular flexibility index (Phi) is 3.71. The third-order valence-corrected chi connectivity index (χ3v) is 2.90. The number of aryl methyl sites for hydroxylation is 1. The van der Waals surface area contributed by atoms with Crippen molar-refractivity contribution in [2.24, 2.45) is 0 Å². The first-order valence-corrected chi connectivity index (χ1v) is 5.95. The number of nitrogens with zero attached hydrogens (tertiary/aromatic N) is 2. The molecule has 3 nitrogen and oxygen atoms in total. The lowest BCUT2D eigenvalue weighted by Crippen LogP contribution is -1.98. The van der Waals surface area contributed by atoms with E-state index in [1.807, 2.05) is 6.92 Å². The van der Waals surface area contributed by atoms with Crippen molar-refractivity contribution < 1.29 is 0 Å². The third kappa shape index (κ3) is 2.73. The number of hydrogen-bond donors (Lipinski definition) is 1. The van der Waals surface area contributed by atoms with Gasteiger partial charge in [-0.05, 0) is 37.3 Å². The van der Waals surface area contributed by atoms with E-state index >= 15 is 0 Å². The van der Waals surface area contributed by atoms with Gasteiger partial charge in [-0.25, -0.2) is 4.98 Å². The maximum atomic E-state index is 9.02. The number of anilines is 2. The minimum absolute atomic E-state index is 0.455. The second-order valence-electron chi connectivity index (χ2n) is 3.71. The van der Waals surface area contributed by atoms with Gasteiger partial charge in [0.25, 0.3) is 0 Å². The Bertz CT molecular complexity index is 633. The molecule has 1 heterocycles. The van der Waals surface area contributed by atoms with Crippen LogP contribution in [0.1, 0.15) is 11.3 Å². The molecule has 2 rings (SSSR count). The predicted octanol–water partition coefficient (Wildman–Crippen LogP) is 4.31. The van der Waals surface area contributed by atoms with Crippen LogP contribution in [0.2, 0.25) is 10.0 Å². The molecule has 1 N–H and O–H groups in total. The van der Waals surface area contributed by atoms with Crippen LogP contribution >= 0.6 is 23.2 Å². The Hall–Kier alpha value is -1.76. The van der Waals surface area contributed by atoms with Gasteiger partial charge in [-0.1, -0.05) is 23.2 Å². The van der Waals surface area contributed by atoms with Gasteiger partial charge in [0.15, 0.2) is 0 Å². The Morgan fingerprint density at radius 1 is 1.22 bits per heavy atom. The summed E-state index contributed by atoms with van der Waals surface area (Å²) in [6.45, 7) is 1.85. The van der Waals surface area contributed by atoms with Crippen LogP contribution in [0.4, 0.5) is 11.5 Å². The highest BCUT2D eigenvalue weighted by molar-refractivity contribution is 6.35. The van der Waals surface area contributed by atoms with Gasteiger partial charge in [-0.3, -0.25) is 0 Å². The van der Waals surface area contributed by atoms with Crippen LogP contribution in [-0.2, 0) is 0 Å². The molecule has 0 bridgehead atoms. The molecular formula is C13H9Cl2N3. The average molecular weight is 278 g/mol. The summed E-state index contributed by atoms with van der Waals surface area (Å²) in [4.78, 5) is 4.27. The highest BCUT2D eigenvalue weighted by Gasteiger charge is 2.07. The molecule has 2 aromatic rings. The lowest BCUT2D eigenvalue weighted by Gasteiger charge is -2.10. The van der Waals surface area contributed by atoms with E-state index < -0.39 is 0 Å². The monoisotopic (exact) mass is 277 g/mol. The van der Waals surface area contributed by atoms with Crippen LogP contribution in [0.15, 0.2) is 30.3 Å². The van der Waals surface area contributed by atoms with Gasteiger partial charge in [-0.2, -0.15) is 5.26 Å². The number of nitrogens with one attached hydrogen (secondary N) is 1. The van der Waals surface area contributed by atoms with Crippen molar-refractivity contribution in [2.45, 2.75) is 6.92 Å². The van der Waals surface area contributed by atoms with Crippen molar-refractivity contribution in [3.05, 3.63) is 51.6 Å². The molecule has 0 aliphatic carbocycles. The van der Waals surface area contributed by atoms with Gasteiger partial charge in [0.1, 0.15) is 11.9 Å². The zero-order valence-electron chi connectivity index (χ0n) is 9.54. The predicted molar refractivity (Wildman–Crippen MR) is 73.4 cm³/mol. The number of halogens is 2. The number of benzene rings is 1. The smallest absolute Gasteiger partial charge is 0.148 e. The molecule has 0 amide bonds. The Labute approximate surface area is 115 Å². The molecule has 0 aliphatic rings. The van der Waals surface area contributed by atoms with E-state index in [9.17, 15) is 0 Å². The lowest BCUT2D eigenvalue weighted by atomic mass is 10.2. The van der Waals surface area contributed by atoms with E-state index in [4.69, 9.17) is 28.5 Å². The summed E-state index contributed by atoms with van der Waals surface area (Å²) < 4.78 is 0. The van der Waals surface area contributed by atoms with Crippen molar-refractivity contribution in [1.29, 1.82) is 5.26 Å². The summed E-state index contributed by atoms with van der Waals surface area (Å²) in [6.07, 6.45) is 0. The maximum Gasteiger partial charge on any atom is 0.148 e. The SMILES string of the molecule is Cc1ccc(C#N)c(Nc2cc(Cl)ccc2Cl)n1. The van der Waals surface area contributed by atoms with Crippen LogP contribution in [0.5, 0.6) is 0 Å². The number of nitriles is 1. The minimum atomic E-state index is 0.455. The van der Waals surface area contributed by atoms with Gasteiger partial charge in [0.05, 0.1) is 16.3 Å². The first-order chi connectivity index (χ1) is 8.60. The summed E-state index contributed by atoms with van der Waals surface area (Å²) in [6, 6.07) is 10.6. The molecule has 1 aromatic heterocycles. The van der Waals surface area contributed by atoms with Crippen LogP contribution in [0, 0.1) is 18.3 Å². The zero-order valence-corrected chi connectivity index (χ0v) is 11.0. The second-order valence-corrected chi connectivity index (χ2v) is 4.55.